The SMILES string of the molecule is Cc1noc(CN[C@@H](C)c2cccc(OC(C)C)c2)n1. The molecular weight excluding hydrogens is 254 g/mol. The monoisotopic (exact) mass is 275 g/mol. The Labute approximate surface area is 119 Å². The number of hydrogen-bond acceptors (Lipinski definition) is 5. The van der Waals surface area contributed by atoms with Crippen LogP contribution >= 0.6 is 0 Å². The Kier molecular flexibility index (Phi) is 4.74. The third-order valence-corrected chi connectivity index (χ3v) is 2.86. The van der Waals surface area contributed by atoms with Crippen LogP contribution in [0.2, 0.25) is 0 Å². The van der Waals surface area contributed by atoms with Crippen molar-refractivity contribution in [3.8, 4) is 5.75 Å². The molecule has 0 saturated carbocycles. The molecule has 0 radical (unpaired) electrons. The van der Waals surface area contributed by atoms with Gasteiger partial charge in [0.1, 0.15) is 5.75 Å². The Bertz CT molecular complexity index is 552. The van der Waals surface area contributed by atoms with Crippen LogP contribution in [0.5, 0.6) is 5.75 Å². The second-order valence-corrected chi connectivity index (χ2v) is 5.08. The lowest BCUT2D eigenvalue weighted by molar-refractivity contribution is 0.242. The van der Waals surface area contributed by atoms with Crippen LogP contribution < -0.4 is 10.1 Å². The van der Waals surface area contributed by atoms with Crippen LogP contribution in [0, 0.1) is 6.92 Å². The first-order valence-electron chi connectivity index (χ1n) is 6.84. The van der Waals surface area contributed by atoms with E-state index in [9.17, 15) is 0 Å². The van der Waals surface area contributed by atoms with E-state index in [0.717, 1.165) is 5.75 Å². The molecule has 0 amide bonds. The van der Waals surface area contributed by atoms with Gasteiger partial charge in [0.15, 0.2) is 5.82 Å². The van der Waals surface area contributed by atoms with Crippen LogP contribution in [0.4, 0.5) is 0 Å². The molecular formula is C15H21N3O2. The smallest absolute Gasteiger partial charge is 0.240 e. The predicted molar refractivity (Wildman–Crippen MR) is 76.5 cm³/mol. The number of benzene rings is 1. The van der Waals surface area contributed by atoms with E-state index in [1.165, 1.54) is 5.56 Å². The van der Waals surface area contributed by atoms with Gasteiger partial charge in [-0.3, -0.25) is 0 Å². The quantitative estimate of drug-likeness (QED) is 0.878. The second-order valence-electron chi connectivity index (χ2n) is 5.08. The molecule has 0 bridgehead atoms. The highest BCUT2D eigenvalue weighted by atomic mass is 16.5. The van der Waals surface area contributed by atoms with Crippen molar-refractivity contribution in [1.82, 2.24) is 15.5 Å². The van der Waals surface area contributed by atoms with Crippen molar-refractivity contribution < 1.29 is 9.26 Å². The summed E-state index contributed by atoms with van der Waals surface area (Å²) >= 11 is 0. The van der Waals surface area contributed by atoms with Crippen molar-refractivity contribution in [2.45, 2.75) is 46.4 Å². The molecule has 0 fully saturated rings. The number of aryl methyl sites for hydroxylation is 1. The van der Waals surface area contributed by atoms with Crippen LogP contribution in [-0.4, -0.2) is 16.2 Å². The standard InChI is InChI=1S/C15H21N3O2/c1-10(2)19-14-7-5-6-13(8-14)11(3)16-9-15-17-12(4)18-20-15/h5-8,10-11,16H,9H2,1-4H3/t11-/m0/s1. The van der Waals surface area contributed by atoms with E-state index in [2.05, 4.69) is 34.5 Å². The number of nitrogens with one attached hydrogen (secondary N) is 1. The largest absolute Gasteiger partial charge is 0.491 e. The van der Waals surface area contributed by atoms with E-state index < -0.39 is 0 Å². The molecule has 20 heavy (non-hydrogen) atoms. The highest BCUT2D eigenvalue weighted by molar-refractivity contribution is 5.30. The summed E-state index contributed by atoms with van der Waals surface area (Å²) in [5, 5.41) is 7.13. The lowest BCUT2D eigenvalue weighted by Gasteiger charge is -2.15. The molecule has 0 unspecified atom stereocenters. The molecule has 1 aromatic heterocycles. The van der Waals surface area contributed by atoms with Gasteiger partial charge in [0, 0.05) is 6.04 Å². The molecule has 1 N–H and O–H groups in total. The first-order valence-corrected chi connectivity index (χ1v) is 6.84. The van der Waals surface area contributed by atoms with Gasteiger partial charge in [-0.05, 0) is 45.4 Å². The third kappa shape index (κ3) is 4.06. The van der Waals surface area contributed by atoms with E-state index in [-0.39, 0.29) is 12.1 Å². The summed E-state index contributed by atoms with van der Waals surface area (Å²) in [6.07, 6.45) is 0.176. The fourth-order valence-corrected chi connectivity index (χ4v) is 1.90. The molecule has 0 aliphatic heterocycles. The van der Waals surface area contributed by atoms with Gasteiger partial charge in [-0.1, -0.05) is 17.3 Å². The molecule has 0 aliphatic carbocycles. The maximum absolute atomic E-state index is 5.70. The minimum atomic E-state index is 0.176. The predicted octanol–water partition coefficient (Wildman–Crippen LogP) is 3.02. The molecule has 2 rings (SSSR count). The maximum atomic E-state index is 5.70. The summed E-state index contributed by atoms with van der Waals surface area (Å²) in [7, 11) is 0. The molecule has 1 heterocycles. The average Bonchev–Trinajstić information content (AvgIpc) is 2.81. The minimum Gasteiger partial charge on any atom is -0.491 e. The van der Waals surface area contributed by atoms with Gasteiger partial charge >= 0.3 is 0 Å². The zero-order valence-electron chi connectivity index (χ0n) is 12.4. The van der Waals surface area contributed by atoms with Gasteiger partial charge in [0.25, 0.3) is 0 Å². The number of hydrogen-bond donors (Lipinski definition) is 1. The van der Waals surface area contributed by atoms with Crippen LogP contribution in [0.1, 0.15) is 44.1 Å². The van der Waals surface area contributed by atoms with Crippen LogP contribution in [-0.2, 0) is 6.54 Å². The topological polar surface area (TPSA) is 60.2 Å². The van der Waals surface area contributed by atoms with E-state index >= 15 is 0 Å². The molecule has 1 aromatic carbocycles. The number of aromatic nitrogens is 2. The zero-order chi connectivity index (χ0) is 14.5. The summed E-state index contributed by atoms with van der Waals surface area (Å²) in [5.74, 6) is 2.14. The molecule has 0 spiro atoms. The van der Waals surface area contributed by atoms with Crippen LogP contribution in [0.25, 0.3) is 0 Å². The molecule has 1 atom stereocenters. The molecule has 2 aromatic rings. The Morgan fingerprint density at radius 3 is 2.75 bits per heavy atom. The van der Waals surface area contributed by atoms with Gasteiger partial charge in [-0.2, -0.15) is 4.98 Å². The van der Waals surface area contributed by atoms with Crippen LogP contribution in [0.3, 0.4) is 0 Å². The van der Waals surface area contributed by atoms with E-state index in [0.29, 0.717) is 18.3 Å². The fraction of sp³-hybridized carbons (Fsp3) is 0.467. The Hall–Kier alpha value is -1.88. The second kappa shape index (κ2) is 6.52. The summed E-state index contributed by atoms with van der Waals surface area (Å²) in [5.41, 5.74) is 1.17. The lowest BCUT2D eigenvalue weighted by atomic mass is 10.1. The molecule has 5 nitrogen and oxygen atoms in total. The van der Waals surface area contributed by atoms with Crippen molar-refractivity contribution in [2.24, 2.45) is 0 Å². The van der Waals surface area contributed by atoms with Crippen molar-refractivity contribution >= 4 is 0 Å². The first-order chi connectivity index (χ1) is 9.54. The van der Waals surface area contributed by atoms with Gasteiger partial charge in [0.05, 0.1) is 12.6 Å². The average molecular weight is 275 g/mol. The van der Waals surface area contributed by atoms with Crippen LogP contribution in [0.15, 0.2) is 28.8 Å². The summed E-state index contributed by atoms with van der Waals surface area (Å²) in [6.45, 7) is 8.50. The number of rotatable bonds is 6. The maximum Gasteiger partial charge on any atom is 0.240 e. The van der Waals surface area contributed by atoms with E-state index in [1.807, 2.05) is 32.9 Å². The highest BCUT2D eigenvalue weighted by Crippen LogP contribution is 2.20. The highest BCUT2D eigenvalue weighted by Gasteiger charge is 2.09. The van der Waals surface area contributed by atoms with Crippen molar-refractivity contribution in [3.05, 3.63) is 41.5 Å². The van der Waals surface area contributed by atoms with Gasteiger partial charge in [0.2, 0.25) is 5.89 Å². The van der Waals surface area contributed by atoms with E-state index in [1.54, 1.807) is 0 Å². The van der Waals surface area contributed by atoms with Gasteiger partial charge in [-0.15, -0.1) is 0 Å². The lowest BCUT2D eigenvalue weighted by Crippen LogP contribution is -2.18. The Balaban J connectivity index is 1.96. The normalized spacial score (nSPS) is 12.7. The van der Waals surface area contributed by atoms with Crippen molar-refractivity contribution in [1.29, 1.82) is 0 Å². The minimum absolute atomic E-state index is 0.176. The summed E-state index contributed by atoms with van der Waals surface area (Å²) < 4.78 is 10.8. The van der Waals surface area contributed by atoms with E-state index in [4.69, 9.17) is 9.26 Å². The molecule has 0 saturated heterocycles. The Morgan fingerprint density at radius 1 is 1.30 bits per heavy atom. The number of nitrogens with zero attached hydrogens (tertiary/aromatic N) is 2. The summed E-state index contributed by atoms with van der Waals surface area (Å²) in [6, 6.07) is 8.28. The van der Waals surface area contributed by atoms with Gasteiger partial charge in [-0.25, -0.2) is 0 Å². The first kappa shape index (κ1) is 14.5. The number of ether oxygens (including phenoxy) is 1. The van der Waals surface area contributed by atoms with Gasteiger partial charge < -0.3 is 14.6 Å². The molecule has 108 valence electrons. The van der Waals surface area contributed by atoms with Crippen molar-refractivity contribution in [2.75, 3.05) is 0 Å². The molecule has 5 heteroatoms. The zero-order valence-corrected chi connectivity index (χ0v) is 12.4. The molecule has 0 aliphatic rings. The fourth-order valence-electron chi connectivity index (χ4n) is 1.90. The van der Waals surface area contributed by atoms with Crippen molar-refractivity contribution in [3.63, 3.8) is 0 Å². The summed E-state index contributed by atoms with van der Waals surface area (Å²) in [4.78, 5) is 4.17. The Morgan fingerprint density at radius 2 is 2.10 bits per heavy atom. The third-order valence-electron chi connectivity index (χ3n) is 2.86.